The van der Waals surface area contributed by atoms with Gasteiger partial charge in [-0.25, -0.2) is 9.13 Å². The van der Waals surface area contributed by atoms with Gasteiger partial charge in [0.05, 0.1) is 26.4 Å². The van der Waals surface area contributed by atoms with Gasteiger partial charge in [-0.15, -0.1) is 0 Å². The van der Waals surface area contributed by atoms with Crippen LogP contribution in [0, 0.1) is 11.8 Å². The highest BCUT2D eigenvalue weighted by Gasteiger charge is 2.30. The smallest absolute Gasteiger partial charge is 0.462 e. The van der Waals surface area contributed by atoms with Crippen molar-refractivity contribution in [1.29, 1.82) is 0 Å². The van der Waals surface area contributed by atoms with E-state index in [4.69, 9.17) is 37.0 Å². The molecule has 3 N–H and O–H groups in total. The first-order valence-electron chi connectivity index (χ1n) is 43.1. The average Bonchev–Trinajstić information content (AvgIpc) is 0.931. The molecule has 17 nitrogen and oxygen atoms in total. The summed E-state index contributed by atoms with van der Waals surface area (Å²) >= 11 is 0. The van der Waals surface area contributed by atoms with E-state index in [1.54, 1.807) is 0 Å². The molecule has 0 saturated carbocycles. The molecular weight excluding hydrogens is 1330 g/mol. The molecule has 0 spiro atoms. The summed E-state index contributed by atoms with van der Waals surface area (Å²) in [5.74, 6) is -0.477. The van der Waals surface area contributed by atoms with E-state index in [9.17, 15) is 43.2 Å². The normalized spacial score (nSPS) is 14.4. The molecular formula is C83H162O17P2. The van der Waals surface area contributed by atoms with Crippen LogP contribution in [0.1, 0.15) is 440 Å². The molecule has 0 aromatic heterocycles. The minimum atomic E-state index is -4.96. The van der Waals surface area contributed by atoms with E-state index in [0.29, 0.717) is 25.7 Å². The summed E-state index contributed by atoms with van der Waals surface area (Å²) in [5.41, 5.74) is 0. The number of hydrogen-bond acceptors (Lipinski definition) is 15. The van der Waals surface area contributed by atoms with Crippen LogP contribution in [0.25, 0.3) is 0 Å². The Morgan fingerprint density at radius 3 is 0.696 bits per heavy atom. The fraction of sp³-hybridized carbons (Fsp3) is 0.952. The molecule has 0 aromatic rings. The van der Waals surface area contributed by atoms with Gasteiger partial charge in [0.25, 0.3) is 0 Å². The number of phosphoric ester groups is 2. The predicted octanol–water partition coefficient (Wildman–Crippen LogP) is 25.1. The van der Waals surface area contributed by atoms with Crippen molar-refractivity contribution in [2.24, 2.45) is 11.8 Å². The first-order valence-corrected chi connectivity index (χ1v) is 46.1. The molecule has 102 heavy (non-hydrogen) atoms. The zero-order valence-electron chi connectivity index (χ0n) is 66.9. The summed E-state index contributed by atoms with van der Waals surface area (Å²) in [6, 6.07) is 0. The van der Waals surface area contributed by atoms with Gasteiger partial charge in [0.1, 0.15) is 19.3 Å². The third-order valence-corrected chi connectivity index (χ3v) is 22.1. The summed E-state index contributed by atoms with van der Waals surface area (Å²) in [6.07, 6.45) is 65.0. The summed E-state index contributed by atoms with van der Waals surface area (Å²) in [5, 5.41) is 10.7. The van der Waals surface area contributed by atoms with Gasteiger partial charge < -0.3 is 33.8 Å². The molecule has 0 radical (unpaired) electrons. The Morgan fingerprint density at radius 2 is 0.471 bits per heavy atom. The van der Waals surface area contributed by atoms with Crippen LogP contribution in [-0.2, 0) is 65.4 Å². The van der Waals surface area contributed by atoms with E-state index in [-0.39, 0.29) is 25.7 Å². The average molecular weight is 1490 g/mol. The maximum atomic E-state index is 13.1. The van der Waals surface area contributed by atoms with E-state index < -0.39 is 97.5 Å². The summed E-state index contributed by atoms with van der Waals surface area (Å²) < 4.78 is 68.8. The quantitative estimate of drug-likeness (QED) is 0.0222. The number of carbonyl (C=O) groups is 4. The standard InChI is InChI=1S/C83H162O17P2/c1-7-11-13-15-17-19-21-23-24-25-26-27-28-34-38-42-50-56-62-68-83(88)99-78(71-93-80(85)65-59-53-47-40-36-33-30-29-32-35-39-45-51-57-63-75(5)9-3)73-97-101(89,90)95-69-77(84)70-96-102(91,92)98-74-79(72-94-81(86)66-60-54-48-44-43-46-52-58-64-76(6)10-4)100-82(87)67-61-55-49-41-37-31-22-20-18-16-14-12-8-2/h75-79,84H,7-74H2,1-6H3,(H,89,90)(H,91,92)/t75?,76?,77-,78-,79-/m1/s1. The van der Waals surface area contributed by atoms with Crippen LogP contribution in [0.4, 0.5) is 0 Å². The lowest BCUT2D eigenvalue weighted by atomic mass is 9.99. The van der Waals surface area contributed by atoms with Gasteiger partial charge in [0.2, 0.25) is 0 Å². The topological polar surface area (TPSA) is 237 Å². The van der Waals surface area contributed by atoms with E-state index in [0.717, 1.165) is 102 Å². The molecule has 0 heterocycles. The van der Waals surface area contributed by atoms with Crippen LogP contribution in [0.15, 0.2) is 0 Å². The van der Waals surface area contributed by atoms with Gasteiger partial charge in [-0.3, -0.25) is 37.3 Å². The predicted molar refractivity (Wildman–Crippen MR) is 418 cm³/mol. The fourth-order valence-corrected chi connectivity index (χ4v) is 14.4. The molecule has 0 fully saturated rings. The largest absolute Gasteiger partial charge is 0.472 e. The lowest BCUT2D eigenvalue weighted by Gasteiger charge is -2.21. The second kappa shape index (κ2) is 74.5. The molecule has 0 aliphatic heterocycles. The van der Waals surface area contributed by atoms with Gasteiger partial charge in [-0.05, 0) is 37.5 Å². The van der Waals surface area contributed by atoms with E-state index in [1.807, 2.05) is 0 Å². The molecule has 0 aromatic carbocycles. The monoisotopic (exact) mass is 1490 g/mol. The van der Waals surface area contributed by atoms with Crippen LogP contribution in [0.5, 0.6) is 0 Å². The van der Waals surface area contributed by atoms with Crippen molar-refractivity contribution in [2.45, 2.75) is 458 Å². The zero-order chi connectivity index (χ0) is 74.9. The summed E-state index contributed by atoms with van der Waals surface area (Å²) in [6.45, 7) is 9.71. The van der Waals surface area contributed by atoms with Crippen molar-refractivity contribution in [3.05, 3.63) is 0 Å². The van der Waals surface area contributed by atoms with E-state index >= 15 is 0 Å². The van der Waals surface area contributed by atoms with Crippen LogP contribution < -0.4 is 0 Å². The number of unbranched alkanes of at least 4 members (excludes halogenated alkanes) is 50. The SMILES string of the molecule is CCCCCCCCCCCCCCCCCCCCCC(=O)O[C@H](COC(=O)CCCCCCCCCCCCCCCCC(C)CC)COP(=O)(O)OC[C@@H](O)COP(=O)(O)OC[C@@H](COC(=O)CCCCCCCCCCC(C)CC)OC(=O)CCCCCCCCCCCCCCC. The number of ether oxygens (including phenoxy) is 4. The lowest BCUT2D eigenvalue weighted by molar-refractivity contribution is -0.161. The molecule has 7 atom stereocenters. The Morgan fingerprint density at radius 1 is 0.275 bits per heavy atom. The fourth-order valence-electron chi connectivity index (χ4n) is 12.8. The Labute approximate surface area is 626 Å². The number of hydrogen-bond donors (Lipinski definition) is 3. The number of rotatable bonds is 82. The van der Waals surface area contributed by atoms with Crippen molar-refractivity contribution >= 4 is 39.5 Å². The number of carbonyl (C=O) groups excluding carboxylic acids is 4. The Hall–Kier alpha value is -1.94. The first kappa shape index (κ1) is 100. The minimum Gasteiger partial charge on any atom is -0.462 e. The van der Waals surface area contributed by atoms with Crippen molar-refractivity contribution in [3.63, 3.8) is 0 Å². The molecule has 0 bridgehead atoms. The zero-order valence-corrected chi connectivity index (χ0v) is 68.7. The van der Waals surface area contributed by atoms with Crippen LogP contribution >= 0.6 is 15.6 Å². The summed E-state index contributed by atoms with van der Waals surface area (Å²) in [4.78, 5) is 73.1. The number of esters is 4. The Bertz CT molecular complexity index is 1960. The van der Waals surface area contributed by atoms with Gasteiger partial charge in [-0.2, -0.15) is 0 Å². The van der Waals surface area contributed by atoms with Crippen LogP contribution in [0.3, 0.4) is 0 Å². The van der Waals surface area contributed by atoms with Crippen molar-refractivity contribution in [3.8, 4) is 0 Å². The van der Waals surface area contributed by atoms with E-state index in [2.05, 4.69) is 41.5 Å². The molecule has 0 saturated heterocycles. The van der Waals surface area contributed by atoms with Crippen LogP contribution in [0.2, 0.25) is 0 Å². The maximum Gasteiger partial charge on any atom is 0.472 e. The Kier molecular flexibility index (Phi) is 73.1. The molecule has 0 amide bonds. The lowest BCUT2D eigenvalue weighted by Crippen LogP contribution is -2.30. The molecule has 0 aliphatic rings. The van der Waals surface area contributed by atoms with Gasteiger partial charge in [0, 0.05) is 25.7 Å². The number of aliphatic hydroxyl groups excluding tert-OH is 1. The summed E-state index contributed by atoms with van der Waals surface area (Å²) in [7, 11) is -9.92. The Balaban J connectivity index is 5.25. The van der Waals surface area contributed by atoms with Crippen LogP contribution in [-0.4, -0.2) is 96.7 Å². The van der Waals surface area contributed by atoms with Gasteiger partial charge in [-0.1, -0.05) is 388 Å². The second-order valence-electron chi connectivity index (χ2n) is 30.4. The van der Waals surface area contributed by atoms with E-state index in [1.165, 1.54) is 257 Å². The molecule has 4 unspecified atom stereocenters. The molecule has 0 rings (SSSR count). The molecule has 0 aliphatic carbocycles. The number of aliphatic hydroxyl groups is 1. The van der Waals surface area contributed by atoms with Gasteiger partial charge in [0.15, 0.2) is 12.2 Å². The third-order valence-electron chi connectivity index (χ3n) is 20.2. The highest BCUT2D eigenvalue weighted by molar-refractivity contribution is 7.47. The highest BCUT2D eigenvalue weighted by atomic mass is 31.2. The van der Waals surface area contributed by atoms with Crippen molar-refractivity contribution in [1.82, 2.24) is 0 Å². The van der Waals surface area contributed by atoms with Crippen molar-refractivity contribution < 1.29 is 80.2 Å². The molecule has 606 valence electrons. The number of phosphoric acid groups is 2. The van der Waals surface area contributed by atoms with Gasteiger partial charge >= 0.3 is 39.5 Å². The van der Waals surface area contributed by atoms with Crippen molar-refractivity contribution in [2.75, 3.05) is 39.6 Å². The highest BCUT2D eigenvalue weighted by Crippen LogP contribution is 2.45. The minimum absolute atomic E-state index is 0.107. The molecule has 19 heteroatoms. The maximum absolute atomic E-state index is 13.1. The third kappa shape index (κ3) is 73.6. The first-order chi connectivity index (χ1) is 49.4. The second-order valence-corrected chi connectivity index (χ2v) is 33.3.